The van der Waals surface area contributed by atoms with Crippen LogP contribution in [0.5, 0.6) is 0 Å². The van der Waals surface area contributed by atoms with Crippen molar-refractivity contribution in [1.82, 2.24) is 5.32 Å². The van der Waals surface area contributed by atoms with E-state index in [-0.39, 0.29) is 5.91 Å². The van der Waals surface area contributed by atoms with Gasteiger partial charge in [0.2, 0.25) is 0 Å². The first-order chi connectivity index (χ1) is 6.65. The molecule has 0 heterocycles. The van der Waals surface area contributed by atoms with Gasteiger partial charge in [0.25, 0.3) is 5.91 Å². The largest absolute Gasteiger partial charge is 0.352 e. The van der Waals surface area contributed by atoms with Crippen molar-refractivity contribution in [2.75, 3.05) is 6.54 Å². The average molecular weight is 277 g/mol. The molecule has 76 valence electrons. The minimum atomic E-state index is -0.0655. The van der Waals surface area contributed by atoms with Crippen LogP contribution in [0, 0.1) is 0 Å². The van der Waals surface area contributed by atoms with E-state index >= 15 is 0 Å². The summed E-state index contributed by atoms with van der Waals surface area (Å²) in [6.07, 6.45) is 0.931. The Bertz CT molecular complexity index is 341. The van der Waals surface area contributed by atoms with Crippen molar-refractivity contribution in [3.05, 3.63) is 33.3 Å². The first-order valence-corrected chi connectivity index (χ1v) is 5.55. The predicted octanol–water partition coefficient (Wildman–Crippen LogP) is 3.24. The molecule has 0 aliphatic rings. The van der Waals surface area contributed by atoms with Gasteiger partial charge in [-0.25, -0.2) is 0 Å². The maximum atomic E-state index is 11.5. The van der Waals surface area contributed by atoms with Crippen molar-refractivity contribution in [2.24, 2.45) is 0 Å². The van der Waals surface area contributed by atoms with Gasteiger partial charge in [0.15, 0.2) is 0 Å². The number of halogens is 2. The standard InChI is InChI=1S/C10H11BrClNO/c1-2-5-13-10(14)7-3-4-9(12)8(11)6-7/h3-4,6H,2,5H2,1H3,(H,13,14). The zero-order valence-corrected chi connectivity index (χ0v) is 10.2. The Balaban J connectivity index is 2.76. The second kappa shape index (κ2) is 5.37. The van der Waals surface area contributed by atoms with Crippen LogP contribution in [0.4, 0.5) is 0 Å². The van der Waals surface area contributed by atoms with Crippen LogP contribution >= 0.6 is 27.5 Å². The average Bonchev–Trinajstić information content (AvgIpc) is 2.18. The molecule has 1 aromatic rings. The topological polar surface area (TPSA) is 29.1 Å². The Hall–Kier alpha value is -0.540. The Morgan fingerprint density at radius 1 is 1.57 bits per heavy atom. The van der Waals surface area contributed by atoms with Crippen LogP contribution in [0.3, 0.4) is 0 Å². The third kappa shape index (κ3) is 3.00. The van der Waals surface area contributed by atoms with Crippen molar-refractivity contribution in [3.63, 3.8) is 0 Å². The number of carbonyl (C=O) groups is 1. The van der Waals surface area contributed by atoms with E-state index in [0.717, 1.165) is 10.9 Å². The fourth-order valence-corrected chi connectivity index (χ4v) is 1.47. The smallest absolute Gasteiger partial charge is 0.251 e. The lowest BCUT2D eigenvalue weighted by molar-refractivity contribution is 0.0953. The Kier molecular flexibility index (Phi) is 4.42. The quantitative estimate of drug-likeness (QED) is 0.902. The van der Waals surface area contributed by atoms with Crippen molar-refractivity contribution in [3.8, 4) is 0 Å². The molecule has 4 heteroatoms. The number of amides is 1. The zero-order chi connectivity index (χ0) is 10.6. The summed E-state index contributed by atoms with van der Waals surface area (Å²) >= 11 is 9.08. The Morgan fingerprint density at radius 3 is 2.86 bits per heavy atom. The molecule has 0 saturated heterocycles. The van der Waals surface area contributed by atoms with Crippen LogP contribution < -0.4 is 5.32 Å². The first-order valence-electron chi connectivity index (χ1n) is 4.38. The lowest BCUT2D eigenvalue weighted by Crippen LogP contribution is -2.23. The third-order valence-electron chi connectivity index (χ3n) is 1.72. The minimum absolute atomic E-state index is 0.0655. The van der Waals surface area contributed by atoms with Gasteiger partial charge in [0, 0.05) is 16.6 Å². The number of hydrogen-bond donors (Lipinski definition) is 1. The van der Waals surface area contributed by atoms with Crippen molar-refractivity contribution < 1.29 is 4.79 Å². The van der Waals surface area contributed by atoms with E-state index in [4.69, 9.17) is 11.6 Å². The maximum Gasteiger partial charge on any atom is 0.251 e. The molecule has 0 unspecified atom stereocenters. The molecule has 1 aromatic carbocycles. The summed E-state index contributed by atoms with van der Waals surface area (Å²) in [6.45, 7) is 2.71. The summed E-state index contributed by atoms with van der Waals surface area (Å²) in [6, 6.07) is 5.12. The molecule has 1 amide bonds. The van der Waals surface area contributed by atoms with Crippen LogP contribution in [0.25, 0.3) is 0 Å². The number of carbonyl (C=O) groups excluding carboxylic acids is 1. The van der Waals surface area contributed by atoms with Crippen LogP contribution in [-0.2, 0) is 0 Å². The molecule has 1 N–H and O–H groups in total. The van der Waals surface area contributed by atoms with E-state index in [0.29, 0.717) is 17.1 Å². The Labute approximate surface area is 96.8 Å². The molecule has 0 atom stereocenters. The highest BCUT2D eigenvalue weighted by Crippen LogP contribution is 2.23. The lowest BCUT2D eigenvalue weighted by Gasteiger charge is -2.04. The summed E-state index contributed by atoms with van der Waals surface area (Å²) in [5, 5.41) is 3.40. The highest BCUT2D eigenvalue weighted by atomic mass is 79.9. The van der Waals surface area contributed by atoms with Crippen LogP contribution in [-0.4, -0.2) is 12.5 Å². The fraction of sp³-hybridized carbons (Fsp3) is 0.300. The molecule has 14 heavy (non-hydrogen) atoms. The van der Waals surface area contributed by atoms with E-state index in [9.17, 15) is 4.79 Å². The molecule has 0 saturated carbocycles. The van der Waals surface area contributed by atoms with Crippen molar-refractivity contribution in [1.29, 1.82) is 0 Å². The lowest BCUT2D eigenvalue weighted by atomic mass is 10.2. The number of rotatable bonds is 3. The van der Waals surface area contributed by atoms with Gasteiger partial charge in [-0.2, -0.15) is 0 Å². The molecule has 0 fully saturated rings. The zero-order valence-electron chi connectivity index (χ0n) is 7.81. The third-order valence-corrected chi connectivity index (χ3v) is 2.93. The number of nitrogens with one attached hydrogen (secondary N) is 1. The number of hydrogen-bond acceptors (Lipinski definition) is 1. The molecule has 0 aromatic heterocycles. The summed E-state index contributed by atoms with van der Waals surface area (Å²) in [7, 11) is 0. The molecule has 0 bridgehead atoms. The summed E-state index contributed by atoms with van der Waals surface area (Å²) in [5.41, 5.74) is 0.620. The SMILES string of the molecule is CCCNC(=O)c1ccc(Cl)c(Br)c1. The van der Waals surface area contributed by atoms with Gasteiger partial charge in [-0.15, -0.1) is 0 Å². The molecule has 0 aliphatic carbocycles. The number of benzene rings is 1. The minimum Gasteiger partial charge on any atom is -0.352 e. The van der Waals surface area contributed by atoms with E-state index < -0.39 is 0 Å². The molecule has 1 rings (SSSR count). The van der Waals surface area contributed by atoms with Gasteiger partial charge in [0.05, 0.1) is 5.02 Å². The highest BCUT2D eigenvalue weighted by molar-refractivity contribution is 9.10. The van der Waals surface area contributed by atoms with Gasteiger partial charge in [-0.05, 0) is 40.5 Å². The van der Waals surface area contributed by atoms with Gasteiger partial charge in [-0.1, -0.05) is 18.5 Å². The summed E-state index contributed by atoms with van der Waals surface area (Å²) in [4.78, 5) is 11.5. The fourth-order valence-electron chi connectivity index (χ4n) is 0.978. The molecule has 0 spiro atoms. The van der Waals surface area contributed by atoms with E-state index in [1.165, 1.54) is 0 Å². The summed E-state index contributed by atoms with van der Waals surface area (Å²) < 4.78 is 0.739. The molecule has 0 radical (unpaired) electrons. The highest BCUT2D eigenvalue weighted by Gasteiger charge is 2.06. The van der Waals surface area contributed by atoms with Gasteiger partial charge in [-0.3, -0.25) is 4.79 Å². The second-order valence-corrected chi connectivity index (χ2v) is 4.15. The van der Waals surface area contributed by atoms with Crippen molar-refractivity contribution in [2.45, 2.75) is 13.3 Å². The Morgan fingerprint density at radius 2 is 2.29 bits per heavy atom. The van der Waals surface area contributed by atoms with E-state index in [1.54, 1.807) is 18.2 Å². The monoisotopic (exact) mass is 275 g/mol. The first kappa shape index (κ1) is 11.5. The molecule has 0 aliphatic heterocycles. The van der Waals surface area contributed by atoms with Crippen molar-refractivity contribution >= 4 is 33.4 Å². The van der Waals surface area contributed by atoms with Gasteiger partial charge < -0.3 is 5.32 Å². The van der Waals surface area contributed by atoms with Gasteiger partial charge >= 0.3 is 0 Å². The van der Waals surface area contributed by atoms with Crippen LogP contribution in [0.15, 0.2) is 22.7 Å². The maximum absolute atomic E-state index is 11.5. The molecule has 2 nitrogen and oxygen atoms in total. The van der Waals surface area contributed by atoms with Gasteiger partial charge in [0.1, 0.15) is 0 Å². The molecular weight excluding hydrogens is 265 g/mol. The van der Waals surface area contributed by atoms with Crippen LogP contribution in [0.1, 0.15) is 23.7 Å². The summed E-state index contributed by atoms with van der Waals surface area (Å²) in [5.74, 6) is -0.0655. The normalized spacial score (nSPS) is 9.93. The molecular formula is C10H11BrClNO. The van der Waals surface area contributed by atoms with Crippen LogP contribution in [0.2, 0.25) is 5.02 Å². The van der Waals surface area contributed by atoms with E-state index in [1.807, 2.05) is 6.92 Å². The second-order valence-electron chi connectivity index (χ2n) is 2.88. The predicted molar refractivity (Wildman–Crippen MR) is 61.8 cm³/mol. The van der Waals surface area contributed by atoms with E-state index in [2.05, 4.69) is 21.2 Å².